The molecule has 2 atom stereocenters. The molecule has 0 radical (unpaired) electrons. The number of nitrogens with zero attached hydrogens (tertiary/aromatic N) is 1. The fraction of sp³-hybridized carbons (Fsp3) is 0.500. The molecule has 1 fully saturated rings. The highest BCUT2D eigenvalue weighted by Crippen LogP contribution is 2.30. The first kappa shape index (κ1) is 15.6. The summed E-state index contributed by atoms with van der Waals surface area (Å²) in [5.41, 5.74) is 5.82. The summed E-state index contributed by atoms with van der Waals surface area (Å²) in [5, 5.41) is 14.2. The van der Waals surface area contributed by atoms with Gasteiger partial charge in [-0.05, 0) is 30.7 Å². The summed E-state index contributed by atoms with van der Waals surface area (Å²) in [7, 11) is 0. The molecule has 1 aliphatic rings. The largest absolute Gasteiger partial charge is 0.393 e. The Bertz CT molecular complexity index is 550. The Morgan fingerprint density at radius 2 is 2.29 bits per heavy atom. The zero-order chi connectivity index (χ0) is 15.4. The number of nitro benzene ring substituents is 1. The smallest absolute Gasteiger partial charge is 0.292 e. The number of benzene rings is 1. The third kappa shape index (κ3) is 3.66. The van der Waals surface area contributed by atoms with Crippen molar-refractivity contribution in [1.29, 1.82) is 0 Å². The predicted molar refractivity (Wildman–Crippen MR) is 84.5 cm³/mol. The number of carbonyl (C=O) groups excluding carboxylic acids is 1. The monoisotopic (exact) mass is 309 g/mol. The van der Waals surface area contributed by atoms with Crippen LogP contribution in [0.4, 0.5) is 11.4 Å². The maximum atomic E-state index is 12.2. The third-order valence-corrected chi connectivity index (χ3v) is 4.96. The van der Waals surface area contributed by atoms with Crippen molar-refractivity contribution in [1.82, 2.24) is 5.32 Å². The molecule has 114 valence electrons. The third-order valence-electron chi connectivity index (χ3n) is 3.64. The SMILES string of the molecule is CCSC1CCCC1NC(=O)c1ccc([N+](=O)[O-])c(N)c1. The van der Waals surface area contributed by atoms with Gasteiger partial charge >= 0.3 is 0 Å². The molecule has 1 amide bonds. The molecule has 6 nitrogen and oxygen atoms in total. The highest BCUT2D eigenvalue weighted by atomic mass is 32.2. The van der Waals surface area contributed by atoms with Gasteiger partial charge in [-0.2, -0.15) is 11.8 Å². The van der Waals surface area contributed by atoms with Crippen LogP contribution in [0.3, 0.4) is 0 Å². The number of nitrogens with two attached hydrogens (primary N) is 1. The molecule has 1 saturated carbocycles. The summed E-state index contributed by atoms with van der Waals surface area (Å²) in [6.07, 6.45) is 3.21. The van der Waals surface area contributed by atoms with Gasteiger partial charge in [0.05, 0.1) is 4.92 Å². The molecule has 0 heterocycles. The number of carbonyl (C=O) groups is 1. The number of thioether (sulfide) groups is 1. The minimum absolute atomic E-state index is 0.0126. The predicted octanol–water partition coefficient (Wildman–Crippen LogP) is 2.58. The van der Waals surface area contributed by atoms with Crippen LogP contribution in [-0.4, -0.2) is 27.9 Å². The van der Waals surface area contributed by atoms with Crippen LogP contribution in [0.2, 0.25) is 0 Å². The summed E-state index contributed by atoms with van der Waals surface area (Å²) in [6, 6.07) is 4.25. The van der Waals surface area contributed by atoms with E-state index in [1.807, 2.05) is 11.8 Å². The van der Waals surface area contributed by atoms with E-state index in [4.69, 9.17) is 5.73 Å². The van der Waals surface area contributed by atoms with E-state index < -0.39 is 4.92 Å². The van der Waals surface area contributed by atoms with Crippen LogP contribution in [0.15, 0.2) is 18.2 Å². The van der Waals surface area contributed by atoms with Crippen LogP contribution < -0.4 is 11.1 Å². The second kappa shape index (κ2) is 6.80. The van der Waals surface area contributed by atoms with Gasteiger partial charge in [-0.25, -0.2) is 0 Å². The molecule has 0 aliphatic heterocycles. The van der Waals surface area contributed by atoms with Gasteiger partial charge in [-0.1, -0.05) is 13.3 Å². The molecule has 3 N–H and O–H groups in total. The lowest BCUT2D eigenvalue weighted by atomic mass is 10.1. The van der Waals surface area contributed by atoms with Crippen LogP contribution in [0.25, 0.3) is 0 Å². The highest BCUT2D eigenvalue weighted by Gasteiger charge is 2.28. The first-order valence-electron chi connectivity index (χ1n) is 6.99. The number of amides is 1. The average Bonchev–Trinajstić information content (AvgIpc) is 2.86. The zero-order valence-corrected chi connectivity index (χ0v) is 12.7. The topological polar surface area (TPSA) is 98.3 Å². The van der Waals surface area contributed by atoms with Crippen LogP contribution >= 0.6 is 11.8 Å². The second-order valence-electron chi connectivity index (χ2n) is 5.04. The molecule has 1 aromatic rings. The lowest BCUT2D eigenvalue weighted by Crippen LogP contribution is -2.38. The molecule has 1 aliphatic carbocycles. The molecule has 21 heavy (non-hydrogen) atoms. The number of anilines is 1. The molecule has 0 spiro atoms. The summed E-state index contributed by atoms with van der Waals surface area (Å²) in [5.74, 6) is 0.812. The average molecular weight is 309 g/mol. The van der Waals surface area contributed by atoms with Gasteiger partial charge in [-0.15, -0.1) is 0 Å². The standard InChI is InChI=1S/C14H19N3O3S/c1-2-21-13-5-3-4-11(13)16-14(18)9-6-7-12(17(19)20)10(15)8-9/h6-8,11,13H,2-5,15H2,1H3,(H,16,18). The van der Waals surface area contributed by atoms with E-state index in [1.165, 1.54) is 18.2 Å². The van der Waals surface area contributed by atoms with E-state index in [1.54, 1.807) is 0 Å². The zero-order valence-electron chi connectivity index (χ0n) is 11.9. The van der Waals surface area contributed by atoms with Gasteiger partial charge in [-0.3, -0.25) is 14.9 Å². The number of hydrogen-bond donors (Lipinski definition) is 2. The van der Waals surface area contributed by atoms with E-state index in [-0.39, 0.29) is 23.3 Å². The van der Waals surface area contributed by atoms with Crippen molar-refractivity contribution >= 4 is 29.0 Å². The van der Waals surface area contributed by atoms with Crippen molar-refractivity contribution in [2.24, 2.45) is 0 Å². The van der Waals surface area contributed by atoms with E-state index >= 15 is 0 Å². The fourth-order valence-corrected chi connectivity index (χ4v) is 3.82. The number of rotatable bonds is 5. The minimum Gasteiger partial charge on any atom is -0.393 e. The normalized spacial score (nSPS) is 21.2. The van der Waals surface area contributed by atoms with Gasteiger partial charge in [0.1, 0.15) is 5.69 Å². The number of nitro groups is 1. The molecule has 0 bridgehead atoms. The molecule has 2 rings (SSSR count). The van der Waals surface area contributed by atoms with Crippen molar-refractivity contribution in [3.05, 3.63) is 33.9 Å². The maximum Gasteiger partial charge on any atom is 0.292 e. The van der Waals surface area contributed by atoms with Gasteiger partial charge in [0.25, 0.3) is 11.6 Å². The van der Waals surface area contributed by atoms with Crippen LogP contribution in [0.1, 0.15) is 36.5 Å². The molecule has 1 aromatic carbocycles. The second-order valence-corrected chi connectivity index (χ2v) is 6.55. The first-order chi connectivity index (χ1) is 10.0. The van der Waals surface area contributed by atoms with Gasteiger partial charge in [0.15, 0.2) is 0 Å². The fourth-order valence-electron chi connectivity index (χ4n) is 2.62. The Balaban J connectivity index is 2.06. The van der Waals surface area contributed by atoms with Crippen LogP contribution in [-0.2, 0) is 0 Å². The Hall–Kier alpha value is -1.76. The van der Waals surface area contributed by atoms with Crippen LogP contribution in [0.5, 0.6) is 0 Å². The van der Waals surface area contributed by atoms with Crippen molar-refractivity contribution in [2.45, 2.75) is 37.5 Å². The summed E-state index contributed by atoms with van der Waals surface area (Å²) in [6.45, 7) is 2.11. The Morgan fingerprint density at radius 1 is 1.52 bits per heavy atom. The van der Waals surface area contributed by atoms with E-state index in [0.29, 0.717) is 10.8 Å². The summed E-state index contributed by atoms with van der Waals surface area (Å²) < 4.78 is 0. The minimum atomic E-state index is -0.554. The Morgan fingerprint density at radius 3 is 2.90 bits per heavy atom. The van der Waals surface area contributed by atoms with Gasteiger partial charge in [0, 0.05) is 22.9 Å². The van der Waals surface area contributed by atoms with Crippen molar-refractivity contribution in [3.63, 3.8) is 0 Å². The quantitative estimate of drug-likeness (QED) is 0.495. The molecule has 0 aromatic heterocycles. The number of nitrogen functional groups attached to an aromatic ring is 1. The van der Waals surface area contributed by atoms with Gasteiger partial charge in [0.2, 0.25) is 0 Å². The maximum absolute atomic E-state index is 12.2. The van der Waals surface area contributed by atoms with Gasteiger partial charge < -0.3 is 11.1 Å². The molecular formula is C14H19N3O3S. The Kier molecular flexibility index (Phi) is 5.06. The highest BCUT2D eigenvalue weighted by molar-refractivity contribution is 7.99. The van der Waals surface area contributed by atoms with Crippen LogP contribution in [0, 0.1) is 10.1 Å². The number of nitrogens with one attached hydrogen (secondary N) is 1. The summed E-state index contributed by atoms with van der Waals surface area (Å²) >= 11 is 1.86. The van der Waals surface area contributed by atoms with Crippen molar-refractivity contribution < 1.29 is 9.72 Å². The molecule has 0 saturated heterocycles. The Labute approximate surface area is 127 Å². The van der Waals surface area contributed by atoms with Crippen molar-refractivity contribution in [3.8, 4) is 0 Å². The molecule has 2 unspecified atom stereocenters. The summed E-state index contributed by atoms with van der Waals surface area (Å²) in [4.78, 5) is 22.4. The molecular weight excluding hydrogens is 290 g/mol. The van der Waals surface area contributed by atoms with E-state index in [9.17, 15) is 14.9 Å². The lowest BCUT2D eigenvalue weighted by Gasteiger charge is -2.20. The van der Waals surface area contributed by atoms with E-state index in [0.717, 1.165) is 25.0 Å². The lowest BCUT2D eigenvalue weighted by molar-refractivity contribution is -0.383. The van der Waals surface area contributed by atoms with E-state index in [2.05, 4.69) is 12.2 Å². The van der Waals surface area contributed by atoms with Crippen molar-refractivity contribution in [2.75, 3.05) is 11.5 Å². The number of hydrogen-bond acceptors (Lipinski definition) is 5. The first-order valence-corrected chi connectivity index (χ1v) is 8.04. The molecule has 7 heteroatoms.